The highest BCUT2D eigenvalue weighted by molar-refractivity contribution is 5.86. The molecule has 2 N–H and O–H groups in total. The van der Waals surface area contributed by atoms with Crippen LogP contribution >= 0.6 is 0 Å². The number of hydrogen-bond acceptors (Lipinski definition) is 3. The van der Waals surface area contributed by atoms with Crippen molar-refractivity contribution in [1.29, 1.82) is 0 Å². The van der Waals surface area contributed by atoms with Gasteiger partial charge in [0.25, 0.3) is 5.92 Å². The summed E-state index contributed by atoms with van der Waals surface area (Å²) in [5, 5.41) is 0. The molecule has 1 atom stereocenters. The Morgan fingerprint density at radius 2 is 2.36 bits per heavy atom. The standard InChI is InChI=1S/C6H10F2N2O/c1-6(7,8)4-5(9)10-2-3-11-4/h4H,2-3H2,1H3,(H2,9,10). The lowest BCUT2D eigenvalue weighted by atomic mass is 10.2. The second-order valence-corrected chi connectivity index (χ2v) is 2.51. The number of alkyl halides is 2. The largest absolute Gasteiger partial charge is 0.385 e. The van der Waals surface area contributed by atoms with Crippen molar-refractivity contribution in [2.45, 2.75) is 19.0 Å². The van der Waals surface area contributed by atoms with Crippen molar-refractivity contribution < 1.29 is 13.5 Å². The van der Waals surface area contributed by atoms with Crippen molar-refractivity contribution in [3.63, 3.8) is 0 Å². The molecule has 0 aromatic heterocycles. The van der Waals surface area contributed by atoms with Gasteiger partial charge < -0.3 is 10.5 Å². The molecule has 0 spiro atoms. The quantitative estimate of drug-likeness (QED) is 0.609. The molecule has 0 radical (unpaired) electrons. The van der Waals surface area contributed by atoms with Crippen molar-refractivity contribution in [2.75, 3.05) is 13.2 Å². The molecule has 1 aliphatic rings. The Labute approximate surface area is 63.2 Å². The van der Waals surface area contributed by atoms with Crippen LogP contribution in [0.4, 0.5) is 8.78 Å². The van der Waals surface area contributed by atoms with E-state index in [-0.39, 0.29) is 12.4 Å². The first-order chi connectivity index (χ1) is 5.02. The number of nitrogens with two attached hydrogens (primary N) is 1. The molecule has 0 aliphatic carbocycles. The fraction of sp³-hybridized carbons (Fsp3) is 0.833. The van der Waals surface area contributed by atoms with E-state index >= 15 is 0 Å². The number of rotatable bonds is 1. The van der Waals surface area contributed by atoms with Gasteiger partial charge in [-0.25, -0.2) is 8.78 Å². The van der Waals surface area contributed by atoms with Crippen LogP contribution in [0.5, 0.6) is 0 Å². The molecule has 5 heteroatoms. The third kappa shape index (κ3) is 1.86. The third-order valence-corrected chi connectivity index (χ3v) is 1.40. The number of halogens is 2. The van der Waals surface area contributed by atoms with E-state index in [1.54, 1.807) is 0 Å². The fourth-order valence-electron chi connectivity index (χ4n) is 0.920. The number of aliphatic imine (C=N–C) groups is 1. The van der Waals surface area contributed by atoms with Crippen LogP contribution in [-0.2, 0) is 4.74 Å². The summed E-state index contributed by atoms with van der Waals surface area (Å²) < 4.78 is 29.9. The summed E-state index contributed by atoms with van der Waals surface area (Å²) in [7, 11) is 0. The molecule has 0 aromatic rings. The van der Waals surface area contributed by atoms with Crippen LogP contribution in [0.1, 0.15) is 6.92 Å². The van der Waals surface area contributed by atoms with Gasteiger partial charge in [-0.05, 0) is 0 Å². The Morgan fingerprint density at radius 3 is 2.73 bits per heavy atom. The van der Waals surface area contributed by atoms with E-state index < -0.39 is 12.0 Å². The topological polar surface area (TPSA) is 47.6 Å². The highest BCUT2D eigenvalue weighted by atomic mass is 19.3. The molecule has 64 valence electrons. The van der Waals surface area contributed by atoms with Crippen LogP contribution in [0, 0.1) is 0 Å². The molecule has 1 rings (SSSR count). The summed E-state index contributed by atoms with van der Waals surface area (Å²) in [5.41, 5.74) is 5.21. The first-order valence-corrected chi connectivity index (χ1v) is 3.31. The minimum absolute atomic E-state index is 0.108. The van der Waals surface area contributed by atoms with Crippen molar-refractivity contribution in [3.05, 3.63) is 0 Å². The summed E-state index contributed by atoms with van der Waals surface area (Å²) in [6, 6.07) is 0. The molecular weight excluding hydrogens is 154 g/mol. The number of amidine groups is 1. The van der Waals surface area contributed by atoms with E-state index in [4.69, 9.17) is 10.5 Å². The summed E-state index contributed by atoms with van der Waals surface area (Å²) in [5.74, 6) is -3.04. The molecule has 1 unspecified atom stereocenters. The van der Waals surface area contributed by atoms with Gasteiger partial charge in [-0.2, -0.15) is 0 Å². The predicted octanol–water partition coefficient (Wildman–Crippen LogP) is 0.398. The summed E-state index contributed by atoms with van der Waals surface area (Å²) in [6.07, 6.45) is -1.34. The molecule has 1 aliphatic heterocycles. The molecule has 0 amide bonds. The molecule has 1 heterocycles. The number of hydrogen-bond donors (Lipinski definition) is 1. The van der Waals surface area contributed by atoms with Gasteiger partial charge in [0.15, 0.2) is 6.10 Å². The van der Waals surface area contributed by atoms with Crippen LogP contribution in [0.3, 0.4) is 0 Å². The Bertz CT molecular complexity index is 176. The zero-order valence-corrected chi connectivity index (χ0v) is 6.18. The highest BCUT2D eigenvalue weighted by Crippen LogP contribution is 2.21. The van der Waals surface area contributed by atoms with E-state index in [2.05, 4.69) is 4.99 Å². The van der Waals surface area contributed by atoms with Crippen LogP contribution < -0.4 is 5.73 Å². The Balaban J connectivity index is 2.71. The van der Waals surface area contributed by atoms with Gasteiger partial charge in [-0.1, -0.05) is 0 Å². The molecule has 0 saturated carbocycles. The monoisotopic (exact) mass is 164 g/mol. The van der Waals surface area contributed by atoms with Gasteiger partial charge in [-0.3, -0.25) is 4.99 Å². The SMILES string of the molecule is CC(F)(F)C1OCCN=C1N. The molecule has 3 nitrogen and oxygen atoms in total. The molecule has 0 fully saturated rings. The lowest BCUT2D eigenvalue weighted by molar-refractivity contribution is -0.0952. The van der Waals surface area contributed by atoms with Crippen LogP contribution in [0.15, 0.2) is 4.99 Å². The van der Waals surface area contributed by atoms with Crippen molar-refractivity contribution >= 4 is 5.84 Å². The molecular formula is C6H10F2N2O. The number of ether oxygens (including phenoxy) is 1. The highest BCUT2D eigenvalue weighted by Gasteiger charge is 2.39. The normalized spacial score (nSPS) is 26.5. The maximum absolute atomic E-state index is 12.6. The number of nitrogens with zero attached hydrogens (tertiary/aromatic N) is 1. The second-order valence-electron chi connectivity index (χ2n) is 2.51. The van der Waals surface area contributed by atoms with Crippen molar-refractivity contribution in [1.82, 2.24) is 0 Å². The van der Waals surface area contributed by atoms with E-state index in [1.807, 2.05) is 0 Å². The zero-order chi connectivity index (χ0) is 8.48. The van der Waals surface area contributed by atoms with Crippen LogP contribution in [-0.4, -0.2) is 31.0 Å². The zero-order valence-electron chi connectivity index (χ0n) is 6.18. The average Bonchev–Trinajstić information content (AvgIpc) is 1.86. The maximum atomic E-state index is 12.6. The molecule has 0 bridgehead atoms. The Kier molecular flexibility index (Phi) is 2.08. The first-order valence-electron chi connectivity index (χ1n) is 3.31. The second kappa shape index (κ2) is 2.73. The van der Waals surface area contributed by atoms with E-state index in [9.17, 15) is 8.78 Å². The summed E-state index contributed by atoms with van der Waals surface area (Å²) >= 11 is 0. The van der Waals surface area contributed by atoms with Gasteiger partial charge in [0.1, 0.15) is 5.84 Å². The molecule has 0 aromatic carbocycles. The third-order valence-electron chi connectivity index (χ3n) is 1.40. The van der Waals surface area contributed by atoms with E-state index in [0.717, 1.165) is 6.92 Å². The Hall–Kier alpha value is -0.710. The fourth-order valence-corrected chi connectivity index (χ4v) is 0.920. The predicted molar refractivity (Wildman–Crippen MR) is 36.9 cm³/mol. The maximum Gasteiger partial charge on any atom is 0.278 e. The van der Waals surface area contributed by atoms with Gasteiger partial charge >= 0.3 is 0 Å². The van der Waals surface area contributed by atoms with Gasteiger partial charge in [0.2, 0.25) is 0 Å². The molecule has 0 saturated heterocycles. The average molecular weight is 164 g/mol. The lowest BCUT2D eigenvalue weighted by Gasteiger charge is -2.25. The van der Waals surface area contributed by atoms with Gasteiger partial charge in [0.05, 0.1) is 13.2 Å². The lowest BCUT2D eigenvalue weighted by Crippen LogP contribution is -2.47. The first kappa shape index (κ1) is 8.39. The van der Waals surface area contributed by atoms with Crippen LogP contribution in [0.25, 0.3) is 0 Å². The van der Waals surface area contributed by atoms with Crippen molar-refractivity contribution in [3.8, 4) is 0 Å². The van der Waals surface area contributed by atoms with E-state index in [0.29, 0.717) is 6.54 Å². The van der Waals surface area contributed by atoms with Gasteiger partial charge in [0, 0.05) is 6.92 Å². The van der Waals surface area contributed by atoms with Crippen LogP contribution in [0.2, 0.25) is 0 Å². The summed E-state index contributed by atoms with van der Waals surface area (Å²) in [4.78, 5) is 3.67. The minimum atomic E-state index is -2.94. The minimum Gasteiger partial charge on any atom is -0.385 e. The smallest absolute Gasteiger partial charge is 0.278 e. The Morgan fingerprint density at radius 1 is 1.73 bits per heavy atom. The van der Waals surface area contributed by atoms with Crippen molar-refractivity contribution in [2.24, 2.45) is 10.7 Å². The van der Waals surface area contributed by atoms with Gasteiger partial charge in [-0.15, -0.1) is 0 Å². The van der Waals surface area contributed by atoms with E-state index in [1.165, 1.54) is 0 Å². The molecule has 11 heavy (non-hydrogen) atoms. The summed E-state index contributed by atoms with van der Waals surface area (Å²) in [6.45, 7) is 1.36.